The molecule has 0 N–H and O–H groups in total. The monoisotopic (exact) mass is 345 g/mol. The third-order valence-corrected chi connectivity index (χ3v) is 3.94. The molecule has 24 heavy (non-hydrogen) atoms. The van der Waals surface area contributed by atoms with Gasteiger partial charge in [-0.15, -0.1) is 0 Å². The molecular formula is C19H20ClNO3. The first-order valence-corrected chi connectivity index (χ1v) is 7.81. The van der Waals surface area contributed by atoms with Crippen molar-refractivity contribution in [2.45, 2.75) is 6.54 Å². The average Bonchev–Trinajstić information content (AvgIpc) is 2.61. The Labute approximate surface area is 147 Å². The number of carbonyl (C=O) groups excluding carboxylic acids is 1. The number of carbonyl (C=O) groups is 1. The summed E-state index contributed by atoms with van der Waals surface area (Å²) in [7, 11) is 4.90. The number of likely N-dealkylation sites (N-methyl/N-ethyl adjacent to an activating group) is 1. The van der Waals surface area contributed by atoms with Crippen molar-refractivity contribution in [2.75, 3.05) is 21.3 Å². The number of hydrogen-bond donors (Lipinski definition) is 0. The molecular weight excluding hydrogens is 326 g/mol. The molecule has 0 aliphatic carbocycles. The van der Waals surface area contributed by atoms with Crippen molar-refractivity contribution in [2.24, 2.45) is 0 Å². The van der Waals surface area contributed by atoms with Crippen LogP contribution in [0.25, 0.3) is 6.08 Å². The van der Waals surface area contributed by atoms with Crippen LogP contribution in [0.3, 0.4) is 0 Å². The number of amides is 1. The lowest BCUT2D eigenvalue weighted by Crippen LogP contribution is -2.24. The van der Waals surface area contributed by atoms with Gasteiger partial charge >= 0.3 is 0 Å². The van der Waals surface area contributed by atoms with E-state index in [0.717, 1.165) is 11.1 Å². The van der Waals surface area contributed by atoms with E-state index in [4.69, 9.17) is 21.1 Å². The molecule has 2 aromatic carbocycles. The highest BCUT2D eigenvalue weighted by Crippen LogP contribution is 2.28. The number of nitrogens with zero attached hydrogens (tertiary/aromatic N) is 1. The van der Waals surface area contributed by atoms with E-state index in [2.05, 4.69) is 0 Å². The van der Waals surface area contributed by atoms with Gasteiger partial charge in [0.05, 0.1) is 14.2 Å². The molecule has 5 heteroatoms. The highest BCUT2D eigenvalue weighted by molar-refractivity contribution is 6.31. The summed E-state index contributed by atoms with van der Waals surface area (Å²) in [6.07, 6.45) is 3.27. The Kier molecular flexibility index (Phi) is 6.27. The fourth-order valence-electron chi connectivity index (χ4n) is 2.21. The van der Waals surface area contributed by atoms with E-state index >= 15 is 0 Å². The van der Waals surface area contributed by atoms with Gasteiger partial charge in [0.2, 0.25) is 5.91 Å². The highest BCUT2D eigenvalue weighted by Gasteiger charge is 2.08. The summed E-state index contributed by atoms with van der Waals surface area (Å²) < 4.78 is 10.5. The Hall–Kier alpha value is -2.46. The molecule has 0 radical (unpaired) electrons. The van der Waals surface area contributed by atoms with Crippen molar-refractivity contribution in [3.05, 3.63) is 64.7 Å². The minimum atomic E-state index is -0.107. The van der Waals surface area contributed by atoms with Gasteiger partial charge in [0.1, 0.15) is 0 Å². The minimum absolute atomic E-state index is 0.107. The van der Waals surface area contributed by atoms with Crippen LogP contribution in [0.2, 0.25) is 5.02 Å². The van der Waals surface area contributed by atoms with E-state index in [1.54, 1.807) is 38.3 Å². The maximum absolute atomic E-state index is 12.2. The smallest absolute Gasteiger partial charge is 0.246 e. The summed E-state index contributed by atoms with van der Waals surface area (Å²) in [6, 6.07) is 13.0. The molecule has 0 unspecified atom stereocenters. The van der Waals surface area contributed by atoms with Crippen LogP contribution in [0.4, 0.5) is 0 Å². The van der Waals surface area contributed by atoms with E-state index in [-0.39, 0.29) is 5.91 Å². The summed E-state index contributed by atoms with van der Waals surface area (Å²) in [4.78, 5) is 13.9. The summed E-state index contributed by atoms with van der Waals surface area (Å²) in [6.45, 7) is 0.453. The van der Waals surface area contributed by atoms with Crippen molar-refractivity contribution in [3.8, 4) is 11.5 Å². The quantitative estimate of drug-likeness (QED) is 0.742. The molecule has 2 rings (SSSR count). The molecule has 0 atom stereocenters. The minimum Gasteiger partial charge on any atom is -0.493 e. The third-order valence-electron chi connectivity index (χ3n) is 3.57. The number of hydrogen-bond acceptors (Lipinski definition) is 3. The van der Waals surface area contributed by atoms with Crippen molar-refractivity contribution >= 4 is 23.6 Å². The lowest BCUT2D eigenvalue weighted by molar-refractivity contribution is -0.125. The summed E-state index contributed by atoms with van der Waals surface area (Å²) in [5.41, 5.74) is 1.77. The topological polar surface area (TPSA) is 38.8 Å². The van der Waals surface area contributed by atoms with Crippen LogP contribution in [0.15, 0.2) is 48.5 Å². The molecule has 0 saturated carbocycles. The fraction of sp³-hybridized carbons (Fsp3) is 0.211. The van der Waals surface area contributed by atoms with Crippen molar-refractivity contribution < 1.29 is 14.3 Å². The zero-order valence-corrected chi connectivity index (χ0v) is 14.7. The van der Waals surface area contributed by atoms with Crippen LogP contribution in [-0.4, -0.2) is 32.1 Å². The molecule has 0 aliphatic heterocycles. The Bertz CT molecular complexity index is 743. The second kappa shape index (κ2) is 8.41. The molecule has 0 fully saturated rings. The van der Waals surface area contributed by atoms with Crippen molar-refractivity contribution in [1.82, 2.24) is 4.90 Å². The molecule has 0 saturated heterocycles. The first kappa shape index (κ1) is 17.9. The Morgan fingerprint density at radius 2 is 1.83 bits per heavy atom. The molecule has 0 heterocycles. The number of rotatable bonds is 6. The molecule has 4 nitrogen and oxygen atoms in total. The standard InChI is InChI=1S/C19H20ClNO3/c1-21(13-15-6-4-5-7-16(15)20)19(22)11-9-14-8-10-17(23-2)18(12-14)24-3/h4-12H,13H2,1-3H3/b11-9+. The van der Waals surface area contributed by atoms with Crippen LogP contribution in [-0.2, 0) is 11.3 Å². The van der Waals surface area contributed by atoms with Gasteiger partial charge in [-0.05, 0) is 35.4 Å². The van der Waals surface area contributed by atoms with Crippen LogP contribution < -0.4 is 9.47 Å². The molecule has 0 aliphatic rings. The average molecular weight is 346 g/mol. The van der Waals surface area contributed by atoms with Gasteiger partial charge in [0, 0.05) is 24.7 Å². The number of benzene rings is 2. The first-order valence-electron chi connectivity index (χ1n) is 7.43. The van der Waals surface area contributed by atoms with Gasteiger partial charge in [0.25, 0.3) is 0 Å². The third kappa shape index (κ3) is 4.52. The lowest BCUT2D eigenvalue weighted by atomic mass is 10.1. The number of halogens is 1. The molecule has 0 aromatic heterocycles. The zero-order valence-electron chi connectivity index (χ0n) is 14.0. The predicted octanol–water partition coefficient (Wildman–Crippen LogP) is 4.03. The van der Waals surface area contributed by atoms with Gasteiger partial charge in [-0.1, -0.05) is 35.9 Å². The second-order valence-electron chi connectivity index (χ2n) is 5.23. The SMILES string of the molecule is COc1ccc(/C=C/C(=O)N(C)Cc2ccccc2Cl)cc1OC. The van der Waals surface area contributed by atoms with Crippen molar-refractivity contribution in [3.63, 3.8) is 0 Å². The molecule has 0 spiro atoms. The molecule has 126 valence electrons. The maximum atomic E-state index is 12.2. The first-order chi connectivity index (χ1) is 11.5. The summed E-state index contributed by atoms with van der Waals surface area (Å²) in [5, 5.41) is 0.654. The van der Waals surface area contributed by atoms with Gasteiger partial charge in [0.15, 0.2) is 11.5 Å². The van der Waals surface area contributed by atoms with Crippen LogP contribution >= 0.6 is 11.6 Å². The van der Waals surface area contributed by atoms with Crippen LogP contribution in [0, 0.1) is 0 Å². The predicted molar refractivity (Wildman–Crippen MR) is 96.5 cm³/mol. The molecule has 2 aromatic rings. The highest BCUT2D eigenvalue weighted by atomic mass is 35.5. The van der Waals surface area contributed by atoms with E-state index in [1.165, 1.54) is 6.08 Å². The maximum Gasteiger partial charge on any atom is 0.246 e. The molecule has 1 amide bonds. The van der Waals surface area contributed by atoms with Gasteiger partial charge < -0.3 is 14.4 Å². The summed E-state index contributed by atoms with van der Waals surface area (Å²) in [5.74, 6) is 1.16. The van der Waals surface area contributed by atoms with Gasteiger partial charge in [-0.2, -0.15) is 0 Å². The zero-order chi connectivity index (χ0) is 17.5. The van der Waals surface area contributed by atoms with Gasteiger partial charge in [-0.3, -0.25) is 4.79 Å². The normalized spacial score (nSPS) is 10.7. The second-order valence-corrected chi connectivity index (χ2v) is 5.64. The largest absolute Gasteiger partial charge is 0.493 e. The summed E-state index contributed by atoms with van der Waals surface area (Å²) >= 11 is 6.13. The Morgan fingerprint density at radius 1 is 1.12 bits per heavy atom. The van der Waals surface area contributed by atoms with E-state index in [9.17, 15) is 4.79 Å². The van der Waals surface area contributed by atoms with E-state index in [0.29, 0.717) is 23.1 Å². The van der Waals surface area contributed by atoms with E-state index < -0.39 is 0 Å². The van der Waals surface area contributed by atoms with Crippen molar-refractivity contribution in [1.29, 1.82) is 0 Å². The van der Waals surface area contributed by atoms with Gasteiger partial charge in [-0.25, -0.2) is 0 Å². The Morgan fingerprint density at radius 3 is 2.50 bits per heavy atom. The molecule has 0 bridgehead atoms. The fourth-order valence-corrected chi connectivity index (χ4v) is 2.41. The van der Waals surface area contributed by atoms with E-state index in [1.807, 2.05) is 36.4 Å². The number of ether oxygens (including phenoxy) is 2. The lowest BCUT2D eigenvalue weighted by Gasteiger charge is -2.16. The number of methoxy groups -OCH3 is 2. The van der Waals surface area contributed by atoms with Crippen LogP contribution in [0.1, 0.15) is 11.1 Å². The Balaban J connectivity index is 2.05. The van der Waals surface area contributed by atoms with Crippen LogP contribution in [0.5, 0.6) is 11.5 Å².